The first-order chi connectivity index (χ1) is 29.0. The average Bonchev–Trinajstić information content (AvgIpc) is 3.94. The zero-order chi connectivity index (χ0) is 39.2. The topological polar surface area (TPSA) is 65.0 Å². The van der Waals surface area contributed by atoms with Gasteiger partial charge in [0, 0.05) is 43.7 Å². The van der Waals surface area contributed by atoms with E-state index in [2.05, 4.69) is 141 Å². The van der Waals surface area contributed by atoms with E-state index in [1.165, 1.54) is 22.3 Å². The summed E-state index contributed by atoms with van der Waals surface area (Å²) in [6, 6.07) is 61.3. The van der Waals surface area contributed by atoms with E-state index in [-0.39, 0.29) is 5.41 Å². The van der Waals surface area contributed by atoms with Gasteiger partial charge < -0.3 is 8.83 Å². The van der Waals surface area contributed by atoms with E-state index in [1.807, 2.05) is 48.5 Å². The summed E-state index contributed by atoms with van der Waals surface area (Å²) in [5.41, 5.74) is 15.6. The number of benzene rings is 8. The zero-order valence-electron chi connectivity index (χ0n) is 32.4. The molecule has 5 heteroatoms. The molecule has 12 rings (SSSR count). The number of fused-ring (bicyclic) bond motifs is 9. The van der Waals surface area contributed by atoms with Crippen molar-refractivity contribution in [1.29, 1.82) is 0 Å². The molecule has 0 atom stereocenters. The molecule has 0 radical (unpaired) electrons. The van der Waals surface area contributed by atoms with Crippen molar-refractivity contribution in [3.63, 3.8) is 0 Å². The summed E-state index contributed by atoms with van der Waals surface area (Å²) < 4.78 is 12.9. The maximum atomic E-state index is 6.56. The Labute approximate surface area is 340 Å². The normalized spacial score (nSPS) is 13.1. The molecule has 59 heavy (non-hydrogen) atoms. The standard InChI is InChI=1S/C54H35N3O2/c1-54(2)43-21-8-6-17-37(43)41-30-34(25-27-44(41)54)35-26-28-46-42(31-35)50-40(20-12-24-48(50)59-46)53-56-51(36-16-10-15-33(29-36)32-13-4-3-5-14-32)55-52(57-53)39-19-11-23-47-49(39)38-18-7-9-22-45(38)58-47/h3-31H,1-2H3. The molecule has 0 saturated carbocycles. The van der Waals surface area contributed by atoms with E-state index in [1.54, 1.807) is 0 Å². The van der Waals surface area contributed by atoms with E-state index in [4.69, 9.17) is 23.8 Å². The summed E-state index contributed by atoms with van der Waals surface area (Å²) in [5, 5.41) is 3.96. The van der Waals surface area contributed by atoms with Gasteiger partial charge in [0.25, 0.3) is 0 Å². The lowest BCUT2D eigenvalue weighted by atomic mass is 9.82. The number of hydrogen-bond donors (Lipinski definition) is 0. The largest absolute Gasteiger partial charge is 0.456 e. The summed E-state index contributed by atoms with van der Waals surface area (Å²) in [4.78, 5) is 15.8. The third-order valence-electron chi connectivity index (χ3n) is 12.2. The number of furan rings is 2. The van der Waals surface area contributed by atoms with Crippen molar-refractivity contribution in [2.45, 2.75) is 19.3 Å². The van der Waals surface area contributed by atoms with Crippen molar-refractivity contribution in [2.24, 2.45) is 0 Å². The van der Waals surface area contributed by atoms with Crippen LogP contribution in [0.2, 0.25) is 0 Å². The number of hydrogen-bond acceptors (Lipinski definition) is 5. The van der Waals surface area contributed by atoms with Crippen molar-refractivity contribution in [3.8, 4) is 67.5 Å². The van der Waals surface area contributed by atoms with Gasteiger partial charge in [0.05, 0.1) is 0 Å². The van der Waals surface area contributed by atoms with E-state index >= 15 is 0 Å². The SMILES string of the molecule is CC1(C)c2ccccc2-c2cc(-c3ccc4oc5cccc(-c6nc(-c7cccc(-c8ccccc8)c7)nc(-c7cccc8oc9ccccc9c78)n6)c5c4c3)ccc21. The Hall–Kier alpha value is -7.63. The van der Waals surface area contributed by atoms with Crippen LogP contribution in [-0.4, -0.2) is 15.0 Å². The van der Waals surface area contributed by atoms with Crippen molar-refractivity contribution in [3.05, 3.63) is 187 Å². The molecule has 0 aliphatic heterocycles. The highest BCUT2D eigenvalue weighted by Crippen LogP contribution is 2.50. The van der Waals surface area contributed by atoms with Crippen LogP contribution in [0.25, 0.3) is 111 Å². The summed E-state index contributed by atoms with van der Waals surface area (Å²) in [7, 11) is 0. The third-order valence-corrected chi connectivity index (χ3v) is 12.2. The molecular formula is C54H35N3O2. The van der Waals surface area contributed by atoms with Gasteiger partial charge in [-0.1, -0.05) is 147 Å². The Morgan fingerprint density at radius 2 is 0.864 bits per heavy atom. The summed E-state index contributed by atoms with van der Waals surface area (Å²) in [5.74, 6) is 1.72. The lowest BCUT2D eigenvalue weighted by Gasteiger charge is -2.21. The van der Waals surface area contributed by atoms with Gasteiger partial charge in [-0.2, -0.15) is 0 Å². The molecule has 1 aliphatic carbocycles. The molecule has 0 fully saturated rings. The molecule has 3 heterocycles. The summed E-state index contributed by atoms with van der Waals surface area (Å²) >= 11 is 0. The van der Waals surface area contributed by atoms with Crippen LogP contribution in [0.1, 0.15) is 25.0 Å². The number of para-hydroxylation sites is 1. The fourth-order valence-electron chi connectivity index (χ4n) is 9.27. The molecule has 0 N–H and O–H groups in total. The molecule has 0 bridgehead atoms. The van der Waals surface area contributed by atoms with E-state index in [0.29, 0.717) is 17.5 Å². The molecule has 0 saturated heterocycles. The van der Waals surface area contributed by atoms with Gasteiger partial charge in [0.15, 0.2) is 17.5 Å². The number of nitrogens with zero attached hydrogens (tertiary/aromatic N) is 3. The van der Waals surface area contributed by atoms with Crippen LogP contribution in [0.15, 0.2) is 185 Å². The monoisotopic (exact) mass is 757 g/mol. The van der Waals surface area contributed by atoms with Gasteiger partial charge in [-0.25, -0.2) is 15.0 Å². The second-order valence-electron chi connectivity index (χ2n) is 16.0. The highest BCUT2D eigenvalue weighted by atomic mass is 16.3. The highest BCUT2D eigenvalue weighted by Gasteiger charge is 2.35. The Morgan fingerprint density at radius 1 is 0.339 bits per heavy atom. The smallest absolute Gasteiger partial charge is 0.164 e. The van der Waals surface area contributed by atoms with Gasteiger partial charge in [-0.15, -0.1) is 0 Å². The fourth-order valence-corrected chi connectivity index (χ4v) is 9.27. The summed E-state index contributed by atoms with van der Waals surface area (Å²) in [6.07, 6.45) is 0. The average molecular weight is 758 g/mol. The molecule has 1 aliphatic rings. The predicted molar refractivity (Wildman–Crippen MR) is 239 cm³/mol. The number of rotatable bonds is 5. The molecule has 278 valence electrons. The molecule has 0 amide bonds. The lowest BCUT2D eigenvalue weighted by Crippen LogP contribution is -2.14. The Bertz CT molecular complexity index is 3480. The molecule has 3 aromatic heterocycles. The molecule has 0 unspecified atom stereocenters. The number of aromatic nitrogens is 3. The Morgan fingerprint density at radius 3 is 1.66 bits per heavy atom. The van der Waals surface area contributed by atoms with Gasteiger partial charge in [0.1, 0.15) is 22.3 Å². The minimum atomic E-state index is -0.0502. The Kier molecular flexibility index (Phi) is 7.20. The molecule has 11 aromatic rings. The van der Waals surface area contributed by atoms with Crippen LogP contribution in [0.3, 0.4) is 0 Å². The van der Waals surface area contributed by atoms with Crippen LogP contribution < -0.4 is 0 Å². The van der Waals surface area contributed by atoms with Gasteiger partial charge in [-0.3, -0.25) is 0 Å². The lowest BCUT2D eigenvalue weighted by molar-refractivity contribution is 0.660. The van der Waals surface area contributed by atoms with E-state index < -0.39 is 0 Å². The third kappa shape index (κ3) is 5.21. The first kappa shape index (κ1) is 33.5. The highest BCUT2D eigenvalue weighted by molar-refractivity contribution is 6.14. The van der Waals surface area contributed by atoms with Gasteiger partial charge in [-0.05, 0) is 87.0 Å². The maximum absolute atomic E-state index is 6.56. The zero-order valence-corrected chi connectivity index (χ0v) is 32.4. The van der Waals surface area contributed by atoms with Crippen molar-refractivity contribution in [1.82, 2.24) is 15.0 Å². The minimum Gasteiger partial charge on any atom is -0.456 e. The van der Waals surface area contributed by atoms with Crippen LogP contribution >= 0.6 is 0 Å². The Balaban J connectivity index is 1.07. The van der Waals surface area contributed by atoms with Crippen LogP contribution in [0, 0.1) is 0 Å². The molecule has 8 aromatic carbocycles. The minimum absolute atomic E-state index is 0.0502. The second-order valence-corrected chi connectivity index (χ2v) is 16.0. The van der Waals surface area contributed by atoms with Gasteiger partial charge >= 0.3 is 0 Å². The molecule has 5 nitrogen and oxygen atoms in total. The molecule has 0 spiro atoms. The van der Waals surface area contributed by atoms with E-state index in [9.17, 15) is 0 Å². The first-order valence-electron chi connectivity index (χ1n) is 20.0. The van der Waals surface area contributed by atoms with Crippen LogP contribution in [0.5, 0.6) is 0 Å². The first-order valence-corrected chi connectivity index (χ1v) is 20.0. The van der Waals surface area contributed by atoms with Gasteiger partial charge in [0.2, 0.25) is 0 Å². The fraction of sp³-hybridized carbons (Fsp3) is 0.0556. The van der Waals surface area contributed by atoms with Crippen molar-refractivity contribution >= 4 is 43.9 Å². The second kappa shape index (κ2) is 12.7. The maximum Gasteiger partial charge on any atom is 0.164 e. The van der Waals surface area contributed by atoms with Crippen LogP contribution in [0.4, 0.5) is 0 Å². The van der Waals surface area contributed by atoms with Crippen molar-refractivity contribution in [2.75, 3.05) is 0 Å². The summed E-state index contributed by atoms with van der Waals surface area (Å²) in [6.45, 7) is 4.64. The van der Waals surface area contributed by atoms with Crippen LogP contribution in [-0.2, 0) is 5.41 Å². The predicted octanol–water partition coefficient (Wildman–Crippen LogP) is 14.3. The van der Waals surface area contributed by atoms with E-state index in [0.717, 1.165) is 82.8 Å². The quantitative estimate of drug-likeness (QED) is 0.175. The molecular weight excluding hydrogens is 723 g/mol. The van der Waals surface area contributed by atoms with Crippen molar-refractivity contribution < 1.29 is 8.83 Å².